The molecule has 2 aromatic carbocycles. The molecular formula is C38H55N5O7S. The van der Waals surface area contributed by atoms with E-state index < -0.39 is 51.9 Å². The third kappa shape index (κ3) is 14.2. The van der Waals surface area contributed by atoms with Gasteiger partial charge in [-0.15, -0.1) is 0 Å². The maximum absolute atomic E-state index is 13.9. The molecule has 12 nitrogen and oxygen atoms in total. The van der Waals surface area contributed by atoms with Crippen LogP contribution in [0.15, 0.2) is 73.2 Å². The van der Waals surface area contributed by atoms with Crippen molar-refractivity contribution >= 4 is 21.8 Å². The Balaban J connectivity index is 1.52. The van der Waals surface area contributed by atoms with Crippen LogP contribution in [0.2, 0.25) is 0 Å². The van der Waals surface area contributed by atoms with Crippen molar-refractivity contribution in [1.29, 1.82) is 0 Å². The van der Waals surface area contributed by atoms with Crippen LogP contribution in [0.5, 0.6) is 0 Å². The molecule has 1 fully saturated rings. The molecule has 0 spiro atoms. The number of benzene rings is 2. The van der Waals surface area contributed by atoms with Crippen LogP contribution >= 0.6 is 0 Å². The standard InChI is InChI=1S/C38H55N5O7S/c1-2-3-21-40-51(48,49)26-35(44)37(46)33(22-30-15-9-5-10-16-30)41-34(38(47)42-36(45)20-19-29-13-7-4-8-14-29)23-32-24-39-27-43(32)28-50-25-31-17-11-6-12-18-31/h4,6-8,11-14,17-18,24,27,30,33-35,37,40-41,44,46H,2-3,5,9-10,15-16,19-23,25-26,28H2,1H3,(H,42,45,47)/t33-,34-,35+,37+/m0/s1. The normalized spacial score (nSPS) is 16.3. The number of aryl methyl sites for hydroxylation is 1. The highest BCUT2D eigenvalue weighted by Crippen LogP contribution is 2.29. The number of imidazole rings is 1. The molecule has 0 aliphatic heterocycles. The molecule has 0 saturated heterocycles. The zero-order valence-electron chi connectivity index (χ0n) is 29.7. The van der Waals surface area contributed by atoms with E-state index in [0.29, 0.717) is 31.6 Å². The zero-order valence-corrected chi connectivity index (χ0v) is 30.5. The Hall–Kier alpha value is -3.46. The maximum atomic E-state index is 13.9. The molecule has 1 heterocycles. The number of sulfonamides is 1. The van der Waals surface area contributed by atoms with Crippen LogP contribution in [0.1, 0.15) is 81.5 Å². The Kier molecular flexibility index (Phi) is 16.7. The molecule has 13 heteroatoms. The summed E-state index contributed by atoms with van der Waals surface area (Å²) in [5.74, 6) is -1.49. The lowest BCUT2D eigenvalue weighted by Gasteiger charge is -2.34. The Morgan fingerprint density at radius 2 is 1.69 bits per heavy atom. The summed E-state index contributed by atoms with van der Waals surface area (Å²) in [6.07, 6.45) is 7.69. The largest absolute Gasteiger partial charge is 0.389 e. The molecule has 4 atom stereocenters. The number of imide groups is 1. The smallest absolute Gasteiger partial charge is 0.244 e. The molecule has 0 bridgehead atoms. The lowest BCUT2D eigenvalue weighted by Crippen LogP contribution is -2.57. The van der Waals surface area contributed by atoms with E-state index in [-0.39, 0.29) is 32.0 Å². The minimum absolute atomic E-state index is 0.0906. The first-order valence-corrected chi connectivity index (χ1v) is 19.9. The number of aliphatic hydroxyl groups excluding tert-OH is 2. The molecule has 2 amide bonds. The van der Waals surface area contributed by atoms with Crippen LogP contribution in [-0.2, 0) is 50.5 Å². The minimum Gasteiger partial charge on any atom is -0.389 e. The molecule has 0 unspecified atom stereocenters. The number of rotatable bonds is 22. The number of unbranched alkanes of at least 4 members (excludes halogenated alkanes) is 1. The average molecular weight is 726 g/mol. The van der Waals surface area contributed by atoms with Gasteiger partial charge in [-0.2, -0.15) is 0 Å². The first kappa shape index (κ1) is 40.3. The van der Waals surface area contributed by atoms with Gasteiger partial charge in [0.15, 0.2) is 0 Å². The molecule has 0 radical (unpaired) electrons. The second-order valence-corrected chi connectivity index (χ2v) is 15.4. The van der Waals surface area contributed by atoms with Crippen molar-refractivity contribution in [2.45, 2.75) is 115 Å². The Morgan fingerprint density at radius 1 is 1.00 bits per heavy atom. The third-order valence-corrected chi connectivity index (χ3v) is 10.8. The molecule has 280 valence electrons. The number of ether oxygens (including phenoxy) is 1. The molecule has 1 aliphatic carbocycles. The van der Waals surface area contributed by atoms with Gasteiger partial charge in [0.05, 0.1) is 36.9 Å². The molecule has 3 aromatic rings. The van der Waals surface area contributed by atoms with Crippen molar-refractivity contribution in [2.24, 2.45) is 5.92 Å². The van der Waals surface area contributed by atoms with E-state index in [1.807, 2.05) is 67.6 Å². The summed E-state index contributed by atoms with van der Waals surface area (Å²) >= 11 is 0. The van der Waals surface area contributed by atoms with Crippen LogP contribution in [0.25, 0.3) is 0 Å². The predicted molar refractivity (Wildman–Crippen MR) is 196 cm³/mol. The van der Waals surface area contributed by atoms with E-state index >= 15 is 0 Å². The number of carbonyl (C=O) groups is 2. The van der Waals surface area contributed by atoms with Crippen molar-refractivity contribution in [1.82, 2.24) is 24.9 Å². The molecule has 1 saturated carbocycles. The molecule has 4 rings (SSSR count). The summed E-state index contributed by atoms with van der Waals surface area (Å²) in [4.78, 5) is 31.2. The lowest BCUT2D eigenvalue weighted by molar-refractivity contribution is -0.132. The fourth-order valence-corrected chi connectivity index (χ4v) is 7.72. The van der Waals surface area contributed by atoms with E-state index in [2.05, 4.69) is 20.3 Å². The Morgan fingerprint density at radius 3 is 2.37 bits per heavy atom. The number of hydrogen-bond acceptors (Lipinski definition) is 9. The predicted octanol–water partition coefficient (Wildman–Crippen LogP) is 3.61. The van der Waals surface area contributed by atoms with E-state index in [1.54, 1.807) is 17.1 Å². The summed E-state index contributed by atoms with van der Waals surface area (Å²) in [6.45, 7) is 2.74. The van der Waals surface area contributed by atoms with Crippen LogP contribution in [0.3, 0.4) is 0 Å². The fourth-order valence-electron chi connectivity index (χ4n) is 6.50. The van der Waals surface area contributed by atoms with Crippen molar-refractivity contribution in [3.8, 4) is 0 Å². The number of amides is 2. The summed E-state index contributed by atoms with van der Waals surface area (Å²) < 4.78 is 35.7. The molecule has 1 aliphatic rings. The van der Waals surface area contributed by atoms with E-state index in [1.165, 1.54) is 0 Å². The highest BCUT2D eigenvalue weighted by molar-refractivity contribution is 7.89. The van der Waals surface area contributed by atoms with Crippen molar-refractivity contribution in [3.63, 3.8) is 0 Å². The summed E-state index contributed by atoms with van der Waals surface area (Å²) in [5.41, 5.74) is 2.63. The molecule has 5 N–H and O–H groups in total. The Bertz CT molecular complexity index is 1570. The van der Waals surface area contributed by atoms with Gasteiger partial charge < -0.3 is 24.8 Å². The molecular weight excluding hydrogens is 671 g/mol. The number of aliphatic hydroxyl groups is 2. The van der Waals surface area contributed by atoms with Gasteiger partial charge in [-0.25, -0.2) is 18.1 Å². The fraction of sp³-hybridized carbons (Fsp3) is 0.553. The maximum Gasteiger partial charge on any atom is 0.244 e. The zero-order chi connectivity index (χ0) is 36.5. The topological polar surface area (TPSA) is 172 Å². The van der Waals surface area contributed by atoms with Gasteiger partial charge in [0, 0.05) is 37.3 Å². The van der Waals surface area contributed by atoms with Crippen LogP contribution in [-0.4, -0.2) is 76.6 Å². The van der Waals surface area contributed by atoms with Gasteiger partial charge in [0.2, 0.25) is 21.8 Å². The van der Waals surface area contributed by atoms with Crippen LogP contribution in [0.4, 0.5) is 0 Å². The summed E-state index contributed by atoms with van der Waals surface area (Å²) in [6, 6.07) is 17.4. The summed E-state index contributed by atoms with van der Waals surface area (Å²) in [5, 5.41) is 28.4. The first-order valence-electron chi connectivity index (χ1n) is 18.2. The van der Waals surface area contributed by atoms with E-state index in [0.717, 1.165) is 49.7 Å². The lowest BCUT2D eigenvalue weighted by atomic mass is 9.83. The van der Waals surface area contributed by atoms with E-state index in [9.17, 15) is 28.2 Å². The average Bonchev–Trinajstić information content (AvgIpc) is 3.57. The summed E-state index contributed by atoms with van der Waals surface area (Å²) in [7, 11) is -3.87. The van der Waals surface area contributed by atoms with Gasteiger partial charge >= 0.3 is 0 Å². The minimum atomic E-state index is -3.87. The van der Waals surface area contributed by atoms with Gasteiger partial charge in [-0.1, -0.05) is 106 Å². The quantitative estimate of drug-likeness (QED) is 0.0971. The number of carbonyl (C=O) groups excluding carboxylic acids is 2. The SMILES string of the molecule is CCCCNS(=O)(=O)C[C@@H](O)[C@H](O)[C@H](CC1CCCCC1)N[C@@H](Cc1cncn1COCc1ccccc1)C(=O)NC(=O)CCc1ccccc1. The number of hydrogen-bond donors (Lipinski definition) is 5. The van der Waals surface area contributed by atoms with Gasteiger partial charge in [0.25, 0.3) is 0 Å². The number of nitrogens with one attached hydrogen (secondary N) is 3. The third-order valence-electron chi connectivity index (χ3n) is 9.39. The number of nitrogens with zero attached hydrogens (tertiary/aromatic N) is 2. The first-order chi connectivity index (χ1) is 24.6. The second-order valence-electron chi connectivity index (χ2n) is 13.6. The number of aromatic nitrogens is 2. The van der Waals surface area contributed by atoms with Crippen molar-refractivity contribution in [2.75, 3.05) is 12.3 Å². The monoisotopic (exact) mass is 725 g/mol. The molecule has 51 heavy (non-hydrogen) atoms. The highest BCUT2D eigenvalue weighted by atomic mass is 32.2. The van der Waals surface area contributed by atoms with Gasteiger partial charge in [-0.3, -0.25) is 14.9 Å². The van der Waals surface area contributed by atoms with Crippen LogP contribution in [0, 0.1) is 5.92 Å². The van der Waals surface area contributed by atoms with Gasteiger partial charge in [-0.05, 0) is 36.3 Å². The van der Waals surface area contributed by atoms with Crippen LogP contribution < -0.4 is 15.4 Å². The Labute approximate surface area is 302 Å². The highest BCUT2D eigenvalue weighted by Gasteiger charge is 2.35. The van der Waals surface area contributed by atoms with Crippen molar-refractivity contribution in [3.05, 3.63) is 90.0 Å². The van der Waals surface area contributed by atoms with E-state index in [4.69, 9.17) is 4.74 Å². The second kappa shape index (κ2) is 21.2. The van der Waals surface area contributed by atoms with Gasteiger partial charge in [0.1, 0.15) is 6.73 Å². The van der Waals surface area contributed by atoms with Crippen molar-refractivity contribution < 1.29 is 33.0 Å². The molecule has 1 aromatic heterocycles.